The van der Waals surface area contributed by atoms with Crippen LogP contribution in [-0.4, -0.2) is 14.5 Å². The molecule has 0 radical (unpaired) electrons. The predicted molar refractivity (Wildman–Crippen MR) is 146 cm³/mol. The quantitative estimate of drug-likeness (QED) is 0.262. The molecule has 4 aromatic carbocycles. The average molecular weight is 471 g/mol. The molecule has 0 unspecified atom stereocenters. The molecule has 0 aliphatic carbocycles. The van der Waals surface area contributed by atoms with Crippen molar-refractivity contribution in [2.75, 3.05) is 0 Å². The first-order chi connectivity index (χ1) is 19.7. The van der Waals surface area contributed by atoms with Gasteiger partial charge in [0.25, 0.3) is 0 Å². The van der Waals surface area contributed by atoms with Crippen LogP contribution in [0.3, 0.4) is 0 Å². The second kappa shape index (κ2) is 8.21. The van der Waals surface area contributed by atoms with Gasteiger partial charge in [-0.3, -0.25) is 4.98 Å². The SMILES string of the molecule is [2H]C([2H])([2H])c1ccc(-c2ccnc3c2oc2c(-c4nc5ccccc5n4C([2H])([2H])c4ccccc4)cccc23)cc1. The molecular formula is C32H23N3O. The van der Waals surface area contributed by atoms with Crippen molar-refractivity contribution < 1.29 is 11.3 Å². The second-order valence-corrected chi connectivity index (χ2v) is 8.64. The van der Waals surface area contributed by atoms with E-state index in [9.17, 15) is 2.74 Å². The molecule has 3 aromatic heterocycles. The number of furan rings is 1. The number of para-hydroxylation sites is 3. The van der Waals surface area contributed by atoms with Crippen LogP contribution >= 0.6 is 0 Å². The highest BCUT2D eigenvalue weighted by Crippen LogP contribution is 2.39. The van der Waals surface area contributed by atoms with Crippen LogP contribution < -0.4 is 0 Å². The van der Waals surface area contributed by atoms with Gasteiger partial charge in [-0.25, -0.2) is 4.98 Å². The molecule has 4 heteroatoms. The first-order valence-corrected chi connectivity index (χ1v) is 11.7. The van der Waals surface area contributed by atoms with Gasteiger partial charge in [-0.05, 0) is 48.3 Å². The topological polar surface area (TPSA) is 43.9 Å². The fourth-order valence-electron chi connectivity index (χ4n) is 4.69. The molecule has 0 N–H and O–H groups in total. The van der Waals surface area contributed by atoms with Crippen molar-refractivity contribution >= 4 is 33.1 Å². The molecule has 0 saturated heterocycles. The van der Waals surface area contributed by atoms with E-state index in [-0.39, 0.29) is 5.56 Å². The summed E-state index contributed by atoms with van der Waals surface area (Å²) in [5.41, 5.74) is 6.10. The minimum Gasteiger partial charge on any atom is -0.453 e. The Balaban J connectivity index is 1.47. The number of rotatable bonds is 4. The van der Waals surface area contributed by atoms with Gasteiger partial charge in [0.05, 0.1) is 19.3 Å². The predicted octanol–water partition coefficient (Wildman–Crippen LogP) is 8.02. The first-order valence-electron chi connectivity index (χ1n) is 14.2. The van der Waals surface area contributed by atoms with Crippen molar-refractivity contribution in [3.63, 3.8) is 0 Å². The van der Waals surface area contributed by atoms with Crippen LogP contribution in [0.5, 0.6) is 0 Å². The molecule has 0 saturated carbocycles. The Morgan fingerprint density at radius 3 is 2.50 bits per heavy atom. The van der Waals surface area contributed by atoms with Gasteiger partial charge in [-0.15, -0.1) is 0 Å². The summed E-state index contributed by atoms with van der Waals surface area (Å²) in [5.74, 6) is 0.438. The second-order valence-electron chi connectivity index (χ2n) is 8.64. The number of nitrogens with zero attached hydrogens (tertiary/aromatic N) is 3. The number of pyridine rings is 1. The van der Waals surface area contributed by atoms with Gasteiger partial charge < -0.3 is 8.98 Å². The first kappa shape index (κ1) is 16.1. The van der Waals surface area contributed by atoms with E-state index in [1.165, 1.54) is 0 Å². The van der Waals surface area contributed by atoms with Crippen LogP contribution in [0.15, 0.2) is 114 Å². The van der Waals surface area contributed by atoms with Gasteiger partial charge in [0.1, 0.15) is 16.9 Å². The van der Waals surface area contributed by atoms with E-state index in [1.807, 2.05) is 66.7 Å². The zero-order valence-corrected chi connectivity index (χ0v) is 19.1. The number of aromatic nitrogens is 3. The van der Waals surface area contributed by atoms with E-state index >= 15 is 0 Å². The Bertz CT molecular complexity index is 2060. The Hall–Kier alpha value is -4.70. The Labute approximate surface area is 215 Å². The summed E-state index contributed by atoms with van der Waals surface area (Å²) in [7, 11) is 0. The highest BCUT2D eigenvalue weighted by molar-refractivity contribution is 6.10. The zero-order chi connectivity index (χ0) is 28.4. The van der Waals surface area contributed by atoms with Gasteiger partial charge in [-0.2, -0.15) is 0 Å². The number of aryl methyl sites for hydroxylation is 1. The van der Waals surface area contributed by atoms with Crippen molar-refractivity contribution in [3.05, 3.63) is 120 Å². The van der Waals surface area contributed by atoms with Crippen molar-refractivity contribution in [1.82, 2.24) is 14.5 Å². The van der Waals surface area contributed by atoms with E-state index in [0.29, 0.717) is 44.7 Å². The lowest BCUT2D eigenvalue weighted by atomic mass is 10.0. The Morgan fingerprint density at radius 2 is 1.64 bits per heavy atom. The lowest BCUT2D eigenvalue weighted by Crippen LogP contribution is -2.02. The van der Waals surface area contributed by atoms with Gasteiger partial charge in [0.15, 0.2) is 5.58 Å². The minimum absolute atomic E-state index is 0.269. The summed E-state index contributed by atoms with van der Waals surface area (Å²) in [4.78, 5) is 9.52. The van der Waals surface area contributed by atoms with Crippen molar-refractivity contribution in [2.24, 2.45) is 0 Å². The van der Waals surface area contributed by atoms with E-state index in [4.69, 9.17) is 13.5 Å². The summed E-state index contributed by atoms with van der Waals surface area (Å²) in [6.07, 6.45) is 1.71. The molecule has 0 aliphatic rings. The van der Waals surface area contributed by atoms with Crippen LogP contribution in [0.25, 0.3) is 55.6 Å². The molecular weight excluding hydrogens is 442 g/mol. The van der Waals surface area contributed by atoms with Gasteiger partial charge in [0, 0.05) is 27.8 Å². The van der Waals surface area contributed by atoms with Gasteiger partial charge in [-0.1, -0.05) is 78.4 Å². The smallest absolute Gasteiger partial charge is 0.161 e. The summed E-state index contributed by atoms with van der Waals surface area (Å²) < 4.78 is 49.7. The largest absolute Gasteiger partial charge is 0.453 e. The van der Waals surface area contributed by atoms with E-state index in [2.05, 4.69) is 4.98 Å². The standard InChI is InChI=1S/C32H23N3O/c1-21-14-16-23(17-15-21)24-18-19-33-29-25-10-7-11-26(30(25)36-31(24)29)32-34-27-12-5-6-13-28(27)35(32)20-22-8-3-2-4-9-22/h2-19H,20H2,1H3/i1D3,20D2. The summed E-state index contributed by atoms with van der Waals surface area (Å²) in [5, 5.41) is 0.775. The maximum absolute atomic E-state index is 9.23. The number of imidazole rings is 1. The number of benzene rings is 4. The highest BCUT2D eigenvalue weighted by atomic mass is 16.3. The highest BCUT2D eigenvalue weighted by Gasteiger charge is 2.20. The van der Waals surface area contributed by atoms with Crippen LogP contribution in [0.4, 0.5) is 0 Å². The summed E-state index contributed by atoms with van der Waals surface area (Å²) >= 11 is 0. The molecule has 0 spiro atoms. The zero-order valence-electron chi connectivity index (χ0n) is 24.1. The van der Waals surface area contributed by atoms with E-state index < -0.39 is 13.3 Å². The maximum Gasteiger partial charge on any atom is 0.161 e. The number of hydrogen-bond donors (Lipinski definition) is 0. The molecule has 0 atom stereocenters. The molecule has 0 amide bonds. The normalized spacial score (nSPS) is 14.4. The third-order valence-electron chi connectivity index (χ3n) is 6.39. The van der Waals surface area contributed by atoms with Crippen LogP contribution in [-0.2, 0) is 6.50 Å². The molecule has 36 heavy (non-hydrogen) atoms. The molecule has 7 rings (SSSR count). The lowest BCUT2D eigenvalue weighted by Gasteiger charge is -2.10. The molecule has 3 heterocycles. The number of hydrogen-bond acceptors (Lipinski definition) is 3. The van der Waals surface area contributed by atoms with Crippen LogP contribution in [0.2, 0.25) is 0 Å². The van der Waals surface area contributed by atoms with Gasteiger partial charge >= 0.3 is 0 Å². The molecule has 0 fully saturated rings. The van der Waals surface area contributed by atoms with Crippen LogP contribution in [0.1, 0.15) is 18.0 Å². The third-order valence-corrected chi connectivity index (χ3v) is 6.39. The lowest BCUT2D eigenvalue weighted by molar-refractivity contribution is 0.669. The van der Waals surface area contributed by atoms with Gasteiger partial charge in [0.2, 0.25) is 0 Å². The minimum atomic E-state index is -2.18. The third kappa shape index (κ3) is 3.30. The fraction of sp³-hybridized carbons (Fsp3) is 0.0625. The number of fused-ring (bicyclic) bond motifs is 4. The summed E-state index contributed by atoms with van der Waals surface area (Å²) in [6.45, 7) is -4.09. The molecule has 0 aliphatic heterocycles. The maximum atomic E-state index is 9.23. The molecule has 0 bridgehead atoms. The van der Waals surface area contributed by atoms with Crippen LogP contribution in [0, 0.1) is 6.85 Å². The van der Waals surface area contributed by atoms with Crippen molar-refractivity contribution in [2.45, 2.75) is 13.3 Å². The van der Waals surface area contributed by atoms with Crippen molar-refractivity contribution in [3.8, 4) is 22.5 Å². The monoisotopic (exact) mass is 470 g/mol. The van der Waals surface area contributed by atoms with E-state index in [0.717, 1.165) is 16.5 Å². The fourth-order valence-corrected chi connectivity index (χ4v) is 4.69. The molecule has 172 valence electrons. The Kier molecular flexibility index (Phi) is 3.66. The average Bonchev–Trinajstić information content (AvgIpc) is 3.56. The van der Waals surface area contributed by atoms with Crippen molar-refractivity contribution in [1.29, 1.82) is 0 Å². The molecule has 7 aromatic rings. The summed E-state index contributed by atoms with van der Waals surface area (Å²) in [6, 6.07) is 30.9. The molecule has 4 nitrogen and oxygen atoms in total. The Morgan fingerprint density at radius 1 is 0.806 bits per heavy atom. The van der Waals surface area contributed by atoms with E-state index in [1.54, 1.807) is 47.2 Å².